The van der Waals surface area contributed by atoms with E-state index in [-0.39, 0.29) is 0 Å². The highest BCUT2D eigenvalue weighted by molar-refractivity contribution is 5.68. The molecule has 6 heteroatoms. The van der Waals surface area contributed by atoms with Gasteiger partial charge >= 0.3 is 0 Å². The average Bonchev–Trinajstić information content (AvgIpc) is 3.46. The summed E-state index contributed by atoms with van der Waals surface area (Å²) in [5, 5.41) is 8.02. The molecule has 0 fully saturated rings. The number of rotatable bonds is 2. The van der Waals surface area contributed by atoms with Crippen molar-refractivity contribution in [2.75, 3.05) is 0 Å². The van der Waals surface area contributed by atoms with E-state index in [0.29, 0.717) is 17.3 Å². The quantitative estimate of drug-likeness (QED) is 0.336. The zero-order chi connectivity index (χ0) is 23.8. The second kappa shape index (κ2) is 10.6. The van der Waals surface area contributed by atoms with E-state index in [2.05, 4.69) is 38.0 Å². The van der Waals surface area contributed by atoms with Crippen molar-refractivity contribution >= 4 is 0 Å². The molecule has 2 aromatic carbocycles. The Kier molecular flexibility index (Phi) is 6.93. The number of aromatic nitrogens is 4. The predicted octanol–water partition coefficient (Wildman–Crippen LogP) is 5.47. The van der Waals surface area contributed by atoms with Gasteiger partial charge in [-0.3, -0.25) is 0 Å². The first-order valence-corrected chi connectivity index (χ1v) is 10.5. The summed E-state index contributed by atoms with van der Waals surface area (Å²) in [4.78, 5) is 8.15. The second-order valence-electron chi connectivity index (χ2n) is 7.12. The minimum atomic E-state index is 0.479. The molecule has 0 unspecified atom stereocenters. The first-order valence-electron chi connectivity index (χ1n) is 10.5. The smallest absolute Gasteiger partial charge is 0.205 e. The summed E-state index contributed by atoms with van der Waals surface area (Å²) in [5.41, 5.74) is 4.94. The van der Waals surface area contributed by atoms with Crippen LogP contribution in [0.4, 0.5) is 0 Å². The van der Waals surface area contributed by atoms with Crippen LogP contribution in [0.15, 0.2) is 88.2 Å². The fourth-order valence-corrected chi connectivity index (χ4v) is 3.13. The van der Waals surface area contributed by atoms with Crippen molar-refractivity contribution in [2.45, 2.75) is 13.8 Å². The molecule has 0 aliphatic heterocycles. The van der Waals surface area contributed by atoms with Gasteiger partial charge in [0.15, 0.2) is 0 Å². The van der Waals surface area contributed by atoms with Crippen molar-refractivity contribution in [3.8, 4) is 46.7 Å². The Hall–Kier alpha value is -4.94. The third kappa shape index (κ3) is 5.09. The van der Waals surface area contributed by atoms with Crippen LogP contribution in [0.2, 0.25) is 0 Å². The number of hydrogen-bond acceptors (Lipinski definition) is 6. The van der Waals surface area contributed by atoms with Crippen molar-refractivity contribution in [1.29, 1.82) is 0 Å². The van der Waals surface area contributed by atoms with Crippen LogP contribution in [0.5, 0.6) is 0 Å². The standard InChI is InChI=1S/C16H11N3O.C12H9NO/c1-12-14(8-9-15-17-10-5-11-18-15)16(19-20-12)13-6-3-2-4-7-13;1-3-11-9(2)14-13-12(11)10-7-5-4-6-8-10/h2-7,10-11H,1H3;1,4-8H,2H3. The van der Waals surface area contributed by atoms with Crippen molar-refractivity contribution < 1.29 is 9.05 Å². The fraction of sp³-hybridized carbons (Fsp3) is 0.0714. The van der Waals surface area contributed by atoms with Crippen LogP contribution in [0.1, 0.15) is 28.5 Å². The summed E-state index contributed by atoms with van der Waals surface area (Å²) in [6, 6.07) is 21.3. The molecule has 6 nitrogen and oxygen atoms in total. The number of hydrogen-bond donors (Lipinski definition) is 0. The molecule has 3 aromatic heterocycles. The molecule has 34 heavy (non-hydrogen) atoms. The lowest BCUT2D eigenvalue weighted by atomic mass is 10.1. The molecule has 3 heterocycles. The molecule has 0 N–H and O–H groups in total. The fourth-order valence-electron chi connectivity index (χ4n) is 3.13. The Morgan fingerprint density at radius 3 is 1.68 bits per heavy atom. The lowest BCUT2D eigenvalue weighted by Crippen LogP contribution is -1.86. The third-order valence-corrected chi connectivity index (χ3v) is 4.83. The van der Waals surface area contributed by atoms with Crippen molar-refractivity contribution in [2.24, 2.45) is 0 Å². The van der Waals surface area contributed by atoms with Crippen LogP contribution in [0, 0.1) is 38.0 Å². The number of benzene rings is 2. The zero-order valence-electron chi connectivity index (χ0n) is 18.7. The van der Waals surface area contributed by atoms with Gasteiger partial charge in [0.2, 0.25) is 5.82 Å². The van der Waals surface area contributed by atoms with Gasteiger partial charge in [-0.1, -0.05) is 82.8 Å². The van der Waals surface area contributed by atoms with Crippen LogP contribution in [-0.4, -0.2) is 20.3 Å². The van der Waals surface area contributed by atoms with Gasteiger partial charge in [-0.05, 0) is 25.8 Å². The highest BCUT2D eigenvalue weighted by Gasteiger charge is 2.13. The van der Waals surface area contributed by atoms with Crippen LogP contribution >= 0.6 is 0 Å². The van der Waals surface area contributed by atoms with Gasteiger partial charge < -0.3 is 9.05 Å². The maximum atomic E-state index is 5.38. The predicted molar refractivity (Wildman–Crippen MR) is 129 cm³/mol. The molecule has 164 valence electrons. The normalized spacial score (nSPS) is 9.79. The maximum Gasteiger partial charge on any atom is 0.205 e. The van der Waals surface area contributed by atoms with E-state index in [4.69, 9.17) is 15.5 Å². The lowest BCUT2D eigenvalue weighted by molar-refractivity contribution is 0.399. The molecular weight excluding hydrogens is 424 g/mol. The molecule has 0 radical (unpaired) electrons. The van der Waals surface area contributed by atoms with Gasteiger partial charge in [0, 0.05) is 23.5 Å². The van der Waals surface area contributed by atoms with Crippen molar-refractivity contribution in [3.05, 3.63) is 108 Å². The van der Waals surface area contributed by atoms with E-state index in [1.165, 1.54) is 0 Å². The van der Waals surface area contributed by atoms with Crippen LogP contribution < -0.4 is 0 Å². The highest BCUT2D eigenvalue weighted by atomic mass is 16.5. The van der Waals surface area contributed by atoms with Gasteiger partial charge in [-0.15, -0.1) is 6.42 Å². The summed E-state index contributed by atoms with van der Waals surface area (Å²) in [5.74, 6) is 10.4. The minimum absolute atomic E-state index is 0.479. The van der Waals surface area contributed by atoms with Gasteiger partial charge in [-0.2, -0.15) is 0 Å². The summed E-state index contributed by atoms with van der Waals surface area (Å²) in [6.45, 7) is 3.66. The molecule has 5 aromatic rings. The molecule has 0 aliphatic carbocycles. The third-order valence-electron chi connectivity index (χ3n) is 4.83. The number of aryl methyl sites for hydroxylation is 2. The van der Waals surface area contributed by atoms with Crippen LogP contribution in [-0.2, 0) is 0 Å². The SMILES string of the molecule is C#Cc1c(-c2ccccc2)noc1C.Cc1onc(-c2ccccc2)c1C#Cc1ncccn1. The number of terminal acetylenes is 1. The summed E-state index contributed by atoms with van der Waals surface area (Å²) in [6.07, 6.45) is 8.71. The first kappa shape index (κ1) is 22.3. The Bertz CT molecular complexity index is 1470. The van der Waals surface area contributed by atoms with Crippen molar-refractivity contribution in [3.63, 3.8) is 0 Å². The zero-order valence-corrected chi connectivity index (χ0v) is 18.7. The molecule has 0 aliphatic rings. The molecule has 0 saturated heterocycles. The lowest BCUT2D eigenvalue weighted by Gasteiger charge is -1.95. The van der Waals surface area contributed by atoms with Crippen LogP contribution in [0.25, 0.3) is 22.5 Å². The molecule has 0 saturated carbocycles. The molecule has 5 rings (SSSR count). The molecule has 0 atom stereocenters. The molecular formula is C28H20N4O2. The monoisotopic (exact) mass is 444 g/mol. The molecule has 0 spiro atoms. The largest absolute Gasteiger partial charge is 0.360 e. The van der Waals surface area contributed by atoms with Gasteiger partial charge in [0.25, 0.3) is 0 Å². The van der Waals surface area contributed by atoms with E-state index in [9.17, 15) is 0 Å². The summed E-state index contributed by atoms with van der Waals surface area (Å²) < 4.78 is 10.3. The highest BCUT2D eigenvalue weighted by Crippen LogP contribution is 2.24. The van der Waals surface area contributed by atoms with E-state index in [1.807, 2.05) is 74.5 Å². The van der Waals surface area contributed by atoms with Crippen LogP contribution in [0.3, 0.4) is 0 Å². The summed E-state index contributed by atoms with van der Waals surface area (Å²) >= 11 is 0. The average molecular weight is 444 g/mol. The van der Waals surface area contributed by atoms with E-state index >= 15 is 0 Å². The Morgan fingerprint density at radius 2 is 1.15 bits per heavy atom. The Balaban J connectivity index is 0.000000172. The minimum Gasteiger partial charge on any atom is -0.360 e. The first-order chi connectivity index (χ1) is 16.7. The topological polar surface area (TPSA) is 77.8 Å². The maximum absolute atomic E-state index is 5.38. The second-order valence-corrected chi connectivity index (χ2v) is 7.12. The van der Waals surface area contributed by atoms with Gasteiger partial charge in [-0.25, -0.2) is 9.97 Å². The number of nitrogens with zero attached hydrogens (tertiary/aromatic N) is 4. The van der Waals surface area contributed by atoms with Crippen molar-refractivity contribution in [1.82, 2.24) is 20.3 Å². The molecule has 0 bridgehead atoms. The summed E-state index contributed by atoms with van der Waals surface area (Å²) in [7, 11) is 0. The Morgan fingerprint density at radius 1 is 0.647 bits per heavy atom. The van der Waals surface area contributed by atoms with E-state index in [1.54, 1.807) is 18.5 Å². The van der Waals surface area contributed by atoms with E-state index < -0.39 is 0 Å². The van der Waals surface area contributed by atoms with Gasteiger partial charge in [0.1, 0.15) is 22.9 Å². The van der Waals surface area contributed by atoms with Gasteiger partial charge in [0.05, 0.1) is 11.1 Å². The molecule has 0 amide bonds. The van der Waals surface area contributed by atoms with E-state index in [0.717, 1.165) is 33.6 Å². The Labute approximate surface area is 197 Å².